The number of fused-ring (bicyclic) bond motifs is 1. The molecule has 2 aromatic carbocycles. The fourth-order valence-corrected chi connectivity index (χ4v) is 4.31. The van der Waals surface area contributed by atoms with Crippen LogP contribution >= 0.6 is 11.6 Å². The molecule has 0 aliphatic carbocycles. The Hall–Kier alpha value is -3.07. The molecule has 14 heteroatoms. The van der Waals surface area contributed by atoms with Crippen molar-refractivity contribution in [3.63, 3.8) is 0 Å². The summed E-state index contributed by atoms with van der Waals surface area (Å²) < 4.78 is 29.3. The van der Waals surface area contributed by atoms with Crippen LogP contribution in [0.1, 0.15) is 27.0 Å². The number of piperidine rings is 1. The Kier molecular flexibility index (Phi) is 6.58. The zero-order valence-electron chi connectivity index (χ0n) is 18.6. The van der Waals surface area contributed by atoms with Crippen molar-refractivity contribution >= 4 is 66.7 Å². The van der Waals surface area contributed by atoms with Gasteiger partial charge in [0.05, 0.1) is 21.1 Å². The molecule has 7 nitrogen and oxygen atoms in total. The minimum atomic E-state index is -3.91. The summed E-state index contributed by atoms with van der Waals surface area (Å²) in [6.07, 6.45) is 0. The van der Waals surface area contributed by atoms with Gasteiger partial charge in [-0.15, -0.1) is 0 Å². The molecule has 0 bridgehead atoms. The number of nitrogens with one attached hydrogen (secondary N) is 1. The van der Waals surface area contributed by atoms with Gasteiger partial charge in [0.1, 0.15) is 7.85 Å². The highest BCUT2D eigenvalue weighted by atomic mass is 35.5. The topological polar surface area (TPSA) is 86.8 Å². The van der Waals surface area contributed by atoms with Crippen LogP contribution in [0.15, 0.2) is 42.5 Å². The summed E-state index contributed by atoms with van der Waals surface area (Å²) in [6.45, 7) is -0.587. The SMILES string of the molecule is [B]C1C(=O)NC(=O)C([B])(N2Cc3cc(CN([B])C(=O)C(F)(F)c4ccc(Cl)cc4)ccc3C2=O)C1[B]. The number of hydrogen-bond acceptors (Lipinski definition) is 4. The van der Waals surface area contributed by atoms with E-state index in [0.29, 0.717) is 15.9 Å². The molecule has 8 radical (unpaired) electrons. The predicted molar refractivity (Wildman–Crippen MR) is 129 cm³/mol. The lowest BCUT2D eigenvalue weighted by molar-refractivity contribution is -0.154. The van der Waals surface area contributed by atoms with Gasteiger partial charge < -0.3 is 9.71 Å². The Morgan fingerprint density at radius 2 is 1.81 bits per heavy atom. The summed E-state index contributed by atoms with van der Waals surface area (Å²) in [4.78, 5) is 51.1. The van der Waals surface area contributed by atoms with Crippen LogP contribution in [0.4, 0.5) is 8.78 Å². The summed E-state index contributed by atoms with van der Waals surface area (Å²) >= 11 is 5.72. The van der Waals surface area contributed by atoms with E-state index >= 15 is 0 Å². The third-order valence-corrected chi connectivity index (χ3v) is 6.56. The fourth-order valence-electron chi connectivity index (χ4n) is 4.19. The molecule has 4 amide bonds. The predicted octanol–water partition coefficient (Wildman–Crippen LogP) is 0.935. The van der Waals surface area contributed by atoms with E-state index in [1.165, 1.54) is 30.3 Å². The Morgan fingerprint density at radius 3 is 2.44 bits per heavy atom. The average Bonchev–Trinajstić information content (AvgIpc) is 3.17. The molecule has 0 aromatic heterocycles. The van der Waals surface area contributed by atoms with Crippen LogP contribution < -0.4 is 5.32 Å². The number of carbonyl (C=O) groups is 4. The van der Waals surface area contributed by atoms with Crippen molar-refractivity contribution in [2.75, 3.05) is 0 Å². The second-order valence-corrected chi connectivity index (χ2v) is 9.03. The van der Waals surface area contributed by atoms with Gasteiger partial charge in [0.2, 0.25) is 19.8 Å². The summed E-state index contributed by atoms with van der Waals surface area (Å²) in [6, 6.07) is 8.80. The number of halogens is 3. The Morgan fingerprint density at radius 1 is 1.17 bits per heavy atom. The largest absolute Gasteiger partial charge is 0.387 e. The lowest BCUT2D eigenvalue weighted by atomic mass is 9.48. The summed E-state index contributed by atoms with van der Waals surface area (Å²) in [5.74, 6) is -10.7. The number of alkyl halides is 2. The monoisotopic (exact) mass is 501 g/mol. The Labute approximate surface area is 215 Å². The molecule has 174 valence electrons. The molecule has 3 atom stereocenters. The first-order valence-electron chi connectivity index (χ1n) is 10.6. The van der Waals surface area contributed by atoms with Gasteiger partial charge in [-0.25, -0.2) is 0 Å². The van der Waals surface area contributed by atoms with Crippen LogP contribution in [-0.2, 0) is 33.4 Å². The molecular formula is C22H14B4ClF2N3O4. The van der Waals surface area contributed by atoms with Crippen molar-refractivity contribution in [1.82, 2.24) is 15.0 Å². The number of nitrogens with zero attached hydrogens (tertiary/aromatic N) is 2. The highest BCUT2D eigenvalue weighted by Crippen LogP contribution is 2.41. The number of carbonyl (C=O) groups excluding carboxylic acids is 4. The van der Waals surface area contributed by atoms with Crippen LogP contribution in [0.2, 0.25) is 16.7 Å². The van der Waals surface area contributed by atoms with Gasteiger partial charge >= 0.3 is 5.92 Å². The Bertz CT molecular complexity index is 1280. The molecule has 1 N–H and O–H groups in total. The van der Waals surface area contributed by atoms with Crippen molar-refractivity contribution in [3.05, 3.63) is 69.7 Å². The van der Waals surface area contributed by atoms with Crippen molar-refractivity contribution in [2.45, 2.75) is 36.1 Å². The first kappa shape index (κ1) is 26.0. The van der Waals surface area contributed by atoms with Gasteiger partial charge in [0, 0.05) is 29.2 Å². The molecule has 2 aliphatic heterocycles. The minimum absolute atomic E-state index is 0.176. The highest BCUT2D eigenvalue weighted by molar-refractivity contribution is 6.43. The van der Waals surface area contributed by atoms with Crippen molar-refractivity contribution in [3.8, 4) is 0 Å². The third-order valence-electron chi connectivity index (χ3n) is 6.31. The quantitative estimate of drug-likeness (QED) is 0.489. The normalized spacial score (nSPS) is 23.9. The van der Waals surface area contributed by atoms with Crippen LogP contribution in [0, 0.1) is 0 Å². The second kappa shape index (κ2) is 9.10. The zero-order valence-corrected chi connectivity index (χ0v) is 19.3. The fraction of sp³-hybridized carbons (Fsp3) is 0.273. The number of imide groups is 1. The van der Waals surface area contributed by atoms with Crippen molar-refractivity contribution < 1.29 is 28.0 Å². The molecule has 0 spiro atoms. The first-order valence-corrected chi connectivity index (χ1v) is 11.0. The molecule has 2 heterocycles. The average molecular weight is 501 g/mol. The van der Waals surface area contributed by atoms with E-state index in [1.54, 1.807) is 0 Å². The molecule has 2 aromatic rings. The first-order chi connectivity index (χ1) is 16.8. The number of benzene rings is 2. The lowest BCUT2D eigenvalue weighted by Crippen LogP contribution is -2.67. The van der Waals surface area contributed by atoms with Gasteiger partial charge in [0.25, 0.3) is 11.8 Å². The van der Waals surface area contributed by atoms with E-state index in [4.69, 9.17) is 43.1 Å². The van der Waals surface area contributed by atoms with Gasteiger partial charge in [-0.3, -0.25) is 24.5 Å². The lowest BCUT2D eigenvalue weighted by Gasteiger charge is -2.48. The molecule has 2 aliphatic rings. The zero-order chi connectivity index (χ0) is 26.6. The molecule has 1 saturated heterocycles. The van der Waals surface area contributed by atoms with Crippen molar-refractivity contribution in [1.29, 1.82) is 0 Å². The second-order valence-electron chi connectivity index (χ2n) is 8.59. The highest BCUT2D eigenvalue weighted by Gasteiger charge is 2.53. The molecule has 36 heavy (non-hydrogen) atoms. The molecular weight excluding hydrogens is 487 g/mol. The van der Waals surface area contributed by atoms with Crippen LogP contribution in [0.5, 0.6) is 0 Å². The molecule has 4 rings (SSSR count). The van der Waals surface area contributed by atoms with Gasteiger partial charge in [-0.1, -0.05) is 41.7 Å². The number of hydrogen-bond donors (Lipinski definition) is 1. The summed E-state index contributed by atoms with van der Waals surface area (Å²) in [7, 11) is 23.6. The van der Waals surface area contributed by atoms with Crippen LogP contribution in [0.25, 0.3) is 0 Å². The number of rotatable bonds is 5. The van der Waals surface area contributed by atoms with Crippen molar-refractivity contribution in [2.24, 2.45) is 0 Å². The summed E-state index contributed by atoms with van der Waals surface area (Å²) in [5.41, 5.74) is -1.79. The smallest absolute Gasteiger partial charge is 0.348 e. The van der Waals surface area contributed by atoms with Gasteiger partial charge in [-0.05, 0) is 35.1 Å². The molecule has 1 fully saturated rings. The van der Waals surface area contributed by atoms with Crippen LogP contribution in [-0.4, -0.2) is 70.3 Å². The van der Waals surface area contributed by atoms with E-state index in [2.05, 4.69) is 0 Å². The van der Waals surface area contributed by atoms with E-state index in [0.717, 1.165) is 17.0 Å². The minimum Gasteiger partial charge on any atom is -0.387 e. The van der Waals surface area contributed by atoms with Gasteiger partial charge in [-0.2, -0.15) is 8.78 Å². The third kappa shape index (κ3) is 4.13. The maximum atomic E-state index is 14.7. The Balaban J connectivity index is 1.53. The van der Waals surface area contributed by atoms with Gasteiger partial charge in [0.15, 0.2) is 0 Å². The van der Waals surface area contributed by atoms with E-state index in [9.17, 15) is 28.0 Å². The summed E-state index contributed by atoms with van der Waals surface area (Å²) in [5, 5.41) is 2.24. The number of amides is 4. The van der Waals surface area contributed by atoms with Crippen LogP contribution in [0.3, 0.4) is 0 Å². The maximum Gasteiger partial charge on any atom is 0.348 e. The van der Waals surface area contributed by atoms with E-state index < -0.39 is 58.7 Å². The van der Waals surface area contributed by atoms with E-state index in [-0.39, 0.29) is 17.1 Å². The molecule has 3 unspecified atom stereocenters. The van der Waals surface area contributed by atoms with E-state index in [1.807, 2.05) is 5.32 Å². The maximum absolute atomic E-state index is 14.7. The standard InChI is InChI=1S/C22H14B4ClF2N3O4/c23-15-16(24)21(25,19(35)30-17(15)33)31-9-11-7-10(1-6-14(11)18(31)34)8-32(26)20(36)22(28,29)12-2-4-13(27)5-3-12/h1-7,15-16H,8-9H2,(H,30,33,35). The molecule has 0 saturated carbocycles.